The van der Waals surface area contributed by atoms with Crippen LogP contribution in [0.25, 0.3) is 0 Å². The van der Waals surface area contributed by atoms with Crippen LogP contribution in [0.1, 0.15) is 34.1 Å². The first kappa shape index (κ1) is 12.4. The van der Waals surface area contributed by atoms with E-state index in [-0.39, 0.29) is 22.7 Å². The first-order valence-corrected chi connectivity index (χ1v) is 5.68. The van der Waals surface area contributed by atoms with E-state index in [4.69, 9.17) is 18.0 Å². The minimum absolute atomic E-state index is 0.0975. The maximum atomic E-state index is 11.8. The number of hydrogen-bond acceptors (Lipinski definition) is 2. The lowest BCUT2D eigenvalue weighted by Crippen LogP contribution is -2.30. The third kappa shape index (κ3) is 2.14. The van der Waals surface area contributed by atoms with Crippen LogP contribution in [0, 0.1) is 16.7 Å². The number of hydrogen-bond donors (Lipinski definition) is 2. The van der Waals surface area contributed by atoms with E-state index in [1.54, 1.807) is 0 Å². The summed E-state index contributed by atoms with van der Waals surface area (Å²) in [5, 5.41) is 2.88. The van der Waals surface area contributed by atoms with Crippen LogP contribution in [-0.4, -0.2) is 17.4 Å². The fourth-order valence-electron chi connectivity index (χ4n) is 2.26. The van der Waals surface area contributed by atoms with Crippen LogP contribution in [0.3, 0.4) is 0 Å². The van der Waals surface area contributed by atoms with Crippen LogP contribution in [0.2, 0.25) is 0 Å². The maximum Gasteiger partial charge on any atom is 0.224 e. The fraction of sp³-hybridized carbons (Fsp3) is 0.818. The van der Waals surface area contributed by atoms with Gasteiger partial charge in [-0.15, -0.1) is 0 Å². The van der Waals surface area contributed by atoms with Crippen molar-refractivity contribution in [3.63, 3.8) is 0 Å². The number of rotatable bonds is 4. The summed E-state index contributed by atoms with van der Waals surface area (Å²) in [6, 6.07) is 0. The monoisotopic (exact) mass is 228 g/mol. The Morgan fingerprint density at radius 3 is 2.13 bits per heavy atom. The minimum atomic E-state index is 0.0975. The molecule has 15 heavy (non-hydrogen) atoms. The van der Waals surface area contributed by atoms with Crippen molar-refractivity contribution in [1.29, 1.82) is 0 Å². The molecule has 1 aliphatic carbocycles. The molecule has 1 rings (SSSR count). The van der Waals surface area contributed by atoms with Crippen molar-refractivity contribution in [3.8, 4) is 0 Å². The molecule has 0 bridgehead atoms. The van der Waals surface area contributed by atoms with Gasteiger partial charge in [0.2, 0.25) is 5.91 Å². The summed E-state index contributed by atoms with van der Waals surface area (Å²) in [4.78, 5) is 12.3. The van der Waals surface area contributed by atoms with Crippen molar-refractivity contribution < 1.29 is 4.79 Å². The molecule has 0 aromatic carbocycles. The minimum Gasteiger partial charge on any atom is -0.393 e. The number of nitrogens with one attached hydrogen (secondary N) is 1. The standard InChI is InChI=1S/C11H20N2OS/c1-10(2)8(11(10,3)4)9(14)13-6-5-7(12)15/h8H,5-6H2,1-4H3,(H2,12,15)(H,13,14). The van der Waals surface area contributed by atoms with Crippen molar-refractivity contribution in [2.24, 2.45) is 22.5 Å². The Morgan fingerprint density at radius 2 is 1.80 bits per heavy atom. The highest BCUT2D eigenvalue weighted by molar-refractivity contribution is 7.80. The van der Waals surface area contributed by atoms with Crippen molar-refractivity contribution in [3.05, 3.63) is 0 Å². The Labute approximate surface area is 96.8 Å². The fourth-order valence-corrected chi connectivity index (χ4v) is 2.36. The van der Waals surface area contributed by atoms with E-state index in [0.29, 0.717) is 18.0 Å². The zero-order valence-electron chi connectivity index (χ0n) is 9.89. The van der Waals surface area contributed by atoms with Crippen LogP contribution in [0.15, 0.2) is 0 Å². The van der Waals surface area contributed by atoms with Crippen LogP contribution in [0.4, 0.5) is 0 Å². The van der Waals surface area contributed by atoms with Gasteiger partial charge in [-0.05, 0) is 10.8 Å². The highest BCUT2D eigenvalue weighted by Gasteiger charge is 2.68. The molecule has 3 nitrogen and oxygen atoms in total. The van der Waals surface area contributed by atoms with E-state index in [1.807, 2.05) is 0 Å². The molecule has 1 fully saturated rings. The third-order valence-electron chi connectivity index (χ3n) is 3.95. The van der Waals surface area contributed by atoms with E-state index >= 15 is 0 Å². The Hall–Kier alpha value is -0.640. The molecular formula is C11H20N2OS. The molecule has 0 aliphatic heterocycles. The summed E-state index contributed by atoms with van der Waals surface area (Å²) in [5.74, 6) is 0.234. The second-order valence-corrected chi connectivity index (χ2v) is 5.91. The van der Waals surface area contributed by atoms with Crippen molar-refractivity contribution in [2.75, 3.05) is 6.54 Å². The van der Waals surface area contributed by atoms with E-state index in [0.717, 1.165) is 0 Å². The molecule has 0 aromatic heterocycles. The van der Waals surface area contributed by atoms with Gasteiger partial charge in [-0.3, -0.25) is 4.79 Å². The average Bonchev–Trinajstić information content (AvgIpc) is 2.41. The quantitative estimate of drug-likeness (QED) is 0.716. The molecule has 3 N–H and O–H groups in total. The SMILES string of the molecule is CC1(C)C(C(=O)NCCC(N)=S)C1(C)C. The Bertz CT molecular complexity index is 283. The van der Waals surface area contributed by atoms with Crippen molar-refractivity contribution in [1.82, 2.24) is 5.32 Å². The smallest absolute Gasteiger partial charge is 0.224 e. The second kappa shape index (κ2) is 3.74. The molecule has 0 heterocycles. The van der Waals surface area contributed by atoms with Crippen LogP contribution >= 0.6 is 12.2 Å². The Kier molecular flexibility index (Phi) is 3.10. The molecule has 0 spiro atoms. The van der Waals surface area contributed by atoms with Crippen LogP contribution in [0.5, 0.6) is 0 Å². The summed E-state index contributed by atoms with van der Waals surface area (Å²) in [5.41, 5.74) is 5.55. The van der Waals surface area contributed by atoms with Gasteiger partial charge in [0.15, 0.2) is 0 Å². The molecule has 0 aromatic rings. The topological polar surface area (TPSA) is 55.1 Å². The molecule has 0 atom stereocenters. The second-order valence-electron chi connectivity index (χ2n) is 5.38. The highest BCUT2D eigenvalue weighted by Crippen LogP contribution is 2.68. The maximum absolute atomic E-state index is 11.8. The predicted molar refractivity (Wildman–Crippen MR) is 65.5 cm³/mol. The third-order valence-corrected chi connectivity index (χ3v) is 4.16. The molecule has 1 amide bonds. The zero-order chi connectivity index (χ0) is 11.9. The van der Waals surface area contributed by atoms with Crippen LogP contribution < -0.4 is 11.1 Å². The summed E-state index contributed by atoms with van der Waals surface area (Å²) in [7, 11) is 0. The van der Waals surface area contributed by atoms with Gasteiger partial charge in [-0.2, -0.15) is 0 Å². The molecule has 4 heteroatoms. The molecule has 1 saturated carbocycles. The average molecular weight is 228 g/mol. The lowest BCUT2D eigenvalue weighted by Gasteiger charge is -2.05. The van der Waals surface area contributed by atoms with Gasteiger partial charge in [0.1, 0.15) is 0 Å². The van der Waals surface area contributed by atoms with E-state index in [2.05, 4.69) is 33.0 Å². The van der Waals surface area contributed by atoms with Gasteiger partial charge in [0, 0.05) is 18.9 Å². The number of carbonyl (C=O) groups is 1. The van der Waals surface area contributed by atoms with E-state index in [9.17, 15) is 4.79 Å². The molecule has 1 aliphatic rings. The molecule has 0 saturated heterocycles. The lowest BCUT2D eigenvalue weighted by molar-refractivity contribution is -0.123. The molecule has 0 unspecified atom stereocenters. The van der Waals surface area contributed by atoms with Gasteiger partial charge < -0.3 is 11.1 Å². The van der Waals surface area contributed by atoms with Gasteiger partial charge in [0.25, 0.3) is 0 Å². The normalized spacial score (nSPS) is 22.1. The van der Waals surface area contributed by atoms with Gasteiger partial charge >= 0.3 is 0 Å². The van der Waals surface area contributed by atoms with Crippen molar-refractivity contribution >= 4 is 23.1 Å². The van der Waals surface area contributed by atoms with E-state index < -0.39 is 0 Å². The highest BCUT2D eigenvalue weighted by atomic mass is 32.1. The molecule has 0 radical (unpaired) electrons. The number of carbonyl (C=O) groups excluding carboxylic acids is 1. The van der Waals surface area contributed by atoms with Gasteiger partial charge in [-0.25, -0.2) is 0 Å². The van der Waals surface area contributed by atoms with Crippen molar-refractivity contribution in [2.45, 2.75) is 34.1 Å². The number of amides is 1. The number of nitrogens with two attached hydrogens (primary N) is 1. The van der Waals surface area contributed by atoms with Gasteiger partial charge in [-0.1, -0.05) is 39.9 Å². The first-order chi connectivity index (χ1) is 6.71. The predicted octanol–water partition coefficient (Wildman–Crippen LogP) is 1.46. The summed E-state index contributed by atoms with van der Waals surface area (Å²) in [6.45, 7) is 9.07. The lowest BCUT2D eigenvalue weighted by atomic mass is 10.0. The van der Waals surface area contributed by atoms with E-state index in [1.165, 1.54) is 0 Å². The summed E-state index contributed by atoms with van der Waals surface area (Å²) in [6.07, 6.45) is 0.578. The van der Waals surface area contributed by atoms with Gasteiger partial charge in [0.05, 0.1) is 4.99 Å². The Morgan fingerprint density at radius 1 is 1.33 bits per heavy atom. The molecular weight excluding hydrogens is 208 g/mol. The largest absolute Gasteiger partial charge is 0.393 e. The zero-order valence-corrected chi connectivity index (χ0v) is 10.7. The summed E-state index contributed by atoms with van der Waals surface area (Å²) < 4.78 is 0. The summed E-state index contributed by atoms with van der Waals surface area (Å²) >= 11 is 4.75. The Balaban J connectivity index is 2.41. The molecule has 86 valence electrons. The number of thiocarbonyl (C=S) groups is 1. The first-order valence-electron chi connectivity index (χ1n) is 5.27. The van der Waals surface area contributed by atoms with Crippen LogP contribution in [-0.2, 0) is 4.79 Å².